The van der Waals surface area contributed by atoms with Gasteiger partial charge in [0.15, 0.2) is 0 Å². The van der Waals surface area contributed by atoms with Crippen LogP contribution in [0.4, 0.5) is 4.39 Å². The van der Waals surface area contributed by atoms with Crippen LogP contribution in [0.3, 0.4) is 0 Å². The number of fused-ring (bicyclic) bond motifs is 1. The SMILES string of the molecule is CCC(Br)c1nc2cc(F)ccc2n1CC. The van der Waals surface area contributed by atoms with Crippen LogP contribution in [0.2, 0.25) is 0 Å². The van der Waals surface area contributed by atoms with Gasteiger partial charge in [-0.1, -0.05) is 22.9 Å². The van der Waals surface area contributed by atoms with Crippen LogP contribution >= 0.6 is 15.9 Å². The van der Waals surface area contributed by atoms with E-state index >= 15 is 0 Å². The predicted octanol–water partition coefficient (Wildman–Crippen LogP) is 4.04. The van der Waals surface area contributed by atoms with E-state index in [1.165, 1.54) is 12.1 Å². The van der Waals surface area contributed by atoms with Crippen molar-refractivity contribution in [3.63, 3.8) is 0 Å². The quantitative estimate of drug-likeness (QED) is 0.778. The van der Waals surface area contributed by atoms with E-state index in [1.807, 2.05) is 0 Å². The highest BCUT2D eigenvalue weighted by atomic mass is 79.9. The molecule has 1 unspecified atom stereocenters. The number of hydrogen-bond acceptors (Lipinski definition) is 1. The third-order valence-electron chi connectivity index (χ3n) is 2.69. The van der Waals surface area contributed by atoms with Crippen molar-refractivity contribution < 1.29 is 4.39 Å². The molecule has 1 aromatic heterocycles. The minimum absolute atomic E-state index is 0.225. The van der Waals surface area contributed by atoms with E-state index in [0.717, 1.165) is 29.8 Å². The van der Waals surface area contributed by atoms with Gasteiger partial charge in [0.05, 0.1) is 15.9 Å². The first kappa shape index (κ1) is 11.6. The van der Waals surface area contributed by atoms with E-state index in [9.17, 15) is 4.39 Å². The fraction of sp³-hybridized carbons (Fsp3) is 0.417. The van der Waals surface area contributed by atoms with Crippen LogP contribution in [0.25, 0.3) is 11.0 Å². The van der Waals surface area contributed by atoms with Gasteiger partial charge in [0.25, 0.3) is 0 Å². The van der Waals surface area contributed by atoms with Gasteiger partial charge in [-0.15, -0.1) is 0 Å². The topological polar surface area (TPSA) is 17.8 Å². The van der Waals surface area contributed by atoms with Crippen molar-refractivity contribution in [3.8, 4) is 0 Å². The van der Waals surface area contributed by atoms with Gasteiger partial charge in [-0.05, 0) is 25.5 Å². The first-order valence-corrected chi connectivity index (χ1v) is 6.38. The smallest absolute Gasteiger partial charge is 0.125 e. The van der Waals surface area contributed by atoms with Gasteiger partial charge >= 0.3 is 0 Å². The van der Waals surface area contributed by atoms with E-state index < -0.39 is 0 Å². The molecule has 0 amide bonds. The molecule has 0 spiro atoms. The van der Waals surface area contributed by atoms with Crippen molar-refractivity contribution in [2.75, 3.05) is 0 Å². The van der Waals surface area contributed by atoms with Crippen molar-refractivity contribution in [3.05, 3.63) is 29.8 Å². The molecule has 0 N–H and O–H groups in total. The second-order valence-corrected chi connectivity index (χ2v) is 4.83. The second-order valence-electron chi connectivity index (χ2n) is 3.72. The van der Waals surface area contributed by atoms with Crippen LogP contribution in [0.1, 0.15) is 30.9 Å². The highest BCUT2D eigenvalue weighted by molar-refractivity contribution is 9.09. The van der Waals surface area contributed by atoms with Crippen LogP contribution in [-0.2, 0) is 6.54 Å². The number of nitrogens with zero attached hydrogens (tertiary/aromatic N) is 2. The standard InChI is InChI=1S/C12H14BrFN2/c1-3-9(13)12-15-10-7-8(14)5-6-11(10)16(12)4-2/h5-7,9H,3-4H2,1-2H3. The predicted molar refractivity (Wildman–Crippen MR) is 67.3 cm³/mol. The van der Waals surface area contributed by atoms with E-state index in [1.54, 1.807) is 6.07 Å². The van der Waals surface area contributed by atoms with Crippen LogP contribution in [-0.4, -0.2) is 9.55 Å². The Labute approximate surface area is 103 Å². The summed E-state index contributed by atoms with van der Waals surface area (Å²) in [5, 5.41) is 0. The first-order chi connectivity index (χ1) is 7.67. The van der Waals surface area contributed by atoms with Crippen molar-refractivity contribution in [2.24, 2.45) is 0 Å². The largest absolute Gasteiger partial charge is 0.327 e. The number of aryl methyl sites for hydroxylation is 1. The molecule has 2 aromatic rings. The van der Waals surface area contributed by atoms with Gasteiger partial charge < -0.3 is 4.57 Å². The molecule has 2 rings (SSSR count). The van der Waals surface area contributed by atoms with Crippen molar-refractivity contribution in [1.29, 1.82) is 0 Å². The van der Waals surface area contributed by atoms with Crippen molar-refractivity contribution in [1.82, 2.24) is 9.55 Å². The lowest BCUT2D eigenvalue weighted by atomic mass is 10.3. The zero-order valence-electron chi connectivity index (χ0n) is 9.37. The molecular weight excluding hydrogens is 271 g/mol. The number of hydrogen-bond donors (Lipinski definition) is 0. The third kappa shape index (κ3) is 1.86. The van der Waals surface area contributed by atoms with Gasteiger partial charge in [-0.25, -0.2) is 9.37 Å². The highest BCUT2D eigenvalue weighted by Gasteiger charge is 2.15. The molecule has 1 atom stereocenters. The number of rotatable bonds is 3. The molecular formula is C12H14BrFN2. The molecule has 4 heteroatoms. The Morgan fingerprint density at radius 1 is 1.44 bits per heavy atom. The zero-order chi connectivity index (χ0) is 11.7. The Kier molecular flexibility index (Phi) is 3.28. The lowest BCUT2D eigenvalue weighted by Gasteiger charge is -2.09. The van der Waals surface area contributed by atoms with Gasteiger partial charge in [0, 0.05) is 12.6 Å². The molecule has 0 aliphatic carbocycles. The number of imidazole rings is 1. The van der Waals surface area contributed by atoms with Gasteiger partial charge in [0.2, 0.25) is 0 Å². The van der Waals surface area contributed by atoms with E-state index in [-0.39, 0.29) is 10.6 Å². The summed E-state index contributed by atoms with van der Waals surface area (Å²) in [5.41, 5.74) is 1.73. The van der Waals surface area contributed by atoms with Gasteiger partial charge in [0.1, 0.15) is 11.6 Å². The maximum atomic E-state index is 13.1. The first-order valence-electron chi connectivity index (χ1n) is 5.47. The highest BCUT2D eigenvalue weighted by Crippen LogP contribution is 2.28. The Balaban J connectivity index is 2.65. The Morgan fingerprint density at radius 3 is 2.81 bits per heavy atom. The normalized spacial score (nSPS) is 13.2. The average Bonchev–Trinajstić information content (AvgIpc) is 2.65. The number of halogens is 2. The average molecular weight is 285 g/mol. The summed E-state index contributed by atoms with van der Waals surface area (Å²) in [6, 6.07) is 4.76. The number of benzene rings is 1. The molecule has 1 aromatic carbocycles. The minimum atomic E-state index is -0.234. The lowest BCUT2D eigenvalue weighted by molar-refractivity contribution is 0.629. The summed E-state index contributed by atoms with van der Waals surface area (Å²) in [4.78, 5) is 4.72. The summed E-state index contributed by atoms with van der Waals surface area (Å²) in [6.07, 6.45) is 0.964. The summed E-state index contributed by atoms with van der Waals surface area (Å²) in [5.74, 6) is 0.744. The number of aromatic nitrogens is 2. The Hall–Kier alpha value is -0.900. The molecule has 0 bridgehead atoms. The molecule has 0 fully saturated rings. The second kappa shape index (κ2) is 4.53. The maximum Gasteiger partial charge on any atom is 0.125 e. The maximum absolute atomic E-state index is 13.1. The molecule has 0 saturated carbocycles. The summed E-state index contributed by atoms with van der Waals surface area (Å²) < 4.78 is 15.2. The zero-order valence-corrected chi connectivity index (χ0v) is 11.0. The Bertz CT molecular complexity index is 507. The fourth-order valence-corrected chi connectivity index (χ4v) is 2.23. The fourth-order valence-electron chi connectivity index (χ4n) is 1.88. The van der Waals surface area contributed by atoms with Crippen LogP contribution in [0.15, 0.2) is 18.2 Å². The monoisotopic (exact) mass is 284 g/mol. The van der Waals surface area contributed by atoms with Crippen molar-refractivity contribution in [2.45, 2.75) is 31.6 Å². The third-order valence-corrected chi connectivity index (χ3v) is 3.75. The van der Waals surface area contributed by atoms with Crippen LogP contribution < -0.4 is 0 Å². The molecule has 0 aliphatic heterocycles. The lowest BCUT2D eigenvalue weighted by Crippen LogP contribution is -2.03. The minimum Gasteiger partial charge on any atom is -0.327 e. The summed E-state index contributed by atoms with van der Waals surface area (Å²) >= 11 is 3.60. The van der Waals surface area contributed by atoms with E-state index in [0.29, 0.717) is 0 Å². The summed E-state index contributed by atoms with van der Waals surface area (Å²) in [6.45, 7) is 5.02. The Morgan fingerprint density at radius 2 is 2.19 bits per heavy atom. The molecule has 2 nitrogen and oxygen atoms in total. The van der Waals surface area contributed by atoms with Crippen LogP contribution in [0.5, 0.6) is 0 Å². The van der Waals surface area contributed by atoms with Gasteiger partial charge in [-0.3, -0.25) is 0 Å². The van der Waals surface area contributed by atoms with Gasteiger partial charge in [-0.2, -0.15) is 0 Å². The molecule has 0 aliphatic rings. The molecule has 16 heavy (non-hydrogen) atoms. The molecule has 0 radical (unpaired) electrons. The number of alkyl halides is 1. The van der Waals surface area contributed by atoms with Crippen molar-refractivity contribution >= 4 is 27.0 Å². The molecule has 0 saturated heterocycles. The van der Waals surface area contributed by atoms with E-state index in [4.69, 9.17) is 0 Å². The summed E-state index contributed by atoms with van der Waals surface area (Å²) in [7, 11) is 0. The molecule has 86 valence electrons. The van der Waals surface area contributed by atoms with Crippen LogP contribution in [0, 0.1) is 5.82 Å². The molecule has 1 heterocycles. The van der Waals surface area contributed by atoms with E-state index in [2.05, 4.69) is 39.3 Å².